The minimum absolute atomic E-state index is 0.0441. The number of aryl methyl sites for hydroxylation is 2. The first-order valence-electron chi connectivity index (χ1n) is 10.1. The van der Waals surface area contributed by atoms with Gasteiger partial charge in [-0.2, -0.15) is 0 Å². The smallest absolute Gasteiger partial charge is 0.287 e. The summed E-state index contributed by atoms with van der Waals surface area (Å²) in [6.45, 7) is 5.61. The van der Waals surface area contributed by atoms with Gasteiger partial charge in [0, 0.05) is 0 Å². The second kappa shape index (κ2) is 9.48. The molecule has 0 bridgehead atoms. The van der Waals surface area contributed by atoms with Gasteiger partial charge in [0.25, 0.3) is 5.91 Å². The molecule has 1 amide bonds. The molecule has 1 unspecified atom stereocenters. The fraction of sp³-hybridized carbons (Fsp3) is 0.292. The van der Waals surface area contributed by atoms with Crippen LogP contribution in [0, 0.1) is 13.8 Å². The Kier molecular flexibility index (Phi) is 6.93. The number of carbonyl (C=O) groups excluding carboxylic acids is 1. The second-order valence-electron chi connectivity index (χ2n) is 7.58. The van der Waals surface area contributed by atoms with Gasteiger partial charge in [-0.25, -0.2) is 8.42 Å². The second-order valence-corrected chi connectivity index (χ2v) is 9.57. The fourth-order valence-electron chi connectivity index (χ4n) is 3.23. The number of sulfone groups is 1. The quantitative estimate of drug-likeness (QED) is 0.539. The van der Waals surface area contributed by atoms with E-state index in [0.29, 0.717) is 11.5 Å². The van der Waals surface area contributed by atoms with Gasteiger partial charge in [-0.3, -0.25) is 4.79 Å². The lowest BCUT2D eigenvalue weighted by Crippen LogP contribution is -2.26. The van der Waals surface area contributed by atoms with Gasteiger partial charge in [-0.1, -0.05) is 12.1 Å². The van der Waals surface area contributed by atoms with Gasteiger partial charge in [0.05, 0.1) is 25.2 Å². The number of ether oxygens (including phenoxy) is 2. The Morgan fingerprint density at radius 3 is 2.34 bits per heavy atom. The molecular formula is C24H27NO6S. The predicted molar refractivity (Wildman–Crippen MR) is 121 cm³/mol. The van der Waals surface area contributed by atoms with Crippen LogP contribution in [0.3, 0.4) is 0 Å². The summed E-state index contributed by atoms with van der Waals surface area (Å²) in [6, 6.07) is 13.0. The number of benzene rings is 2. The Morgan fingerprint density at radius 2 is 1.69 bits per heavy atom. The van der Waals surface area contributed by atoms with Crippen LogP contribution in [-0.2, 0) is 15.6 Å². The summed E-state index contributed by atoms with van der Waals surface area (Å²) >= 11 is 0. The monoisotopic (exact) mass is 457 g/mol. The molecule has 7 nitrogen and oxygen atoms in total. The van der Waals surface area contributed by atoms with E-state index < -0.39 is 15.7 Å². The van der Waals surface area contributed by atoms with Crippen LogP contribution in [0.25, 0.3) is 0 Å². The average molecular weight is 458 g/mol. The lowest BCUT2D eigenvalue weighted by Gasteiger charge is -2.16. The summed E-state index contributed by atoms with van der Waals surface area (Å²) in [5.74, 6) is 0.629. The van der Waals surface area contributed by atoms with E-state index in [2.05, 4.69) is 5.32 Å². The number of furan rings is 1. The van der Waals surface area contributed by atoms with Gasteiger partial charge in [0.1, 0.15) is 11.5 Å². The molecule has 0 fully saturated rings. The Morgan fingerprint density at radius 1 is 0.969 bits per heavy atom. The first-order chi connectivity index (χ1) is 15.1. The first-order valence-corrected chi connectivity index (χ1v) is 11.7. The topological polar surface area (TPSA) is 94.8 Å². The Hall–Kier alpha value is -3.26. The number of hydrogen-bond acceptors (Lipinski definition) is 6. The number of rotatable bonds is 8. The predicted octanol–water partition coefficient (Wildman–Crippen LogP) is 4.38. The van der Waals surface area contributed by atoms with E-state index in [9.17, 15) is 13.2 Å². The molecule has 0 spiro atoms. The van der Waals surface area contributed by atoms with E-state index in [1.54, 1.807) is 44.6 Å². The molecular weight excluding hydrogens is 430 g/mol. The molecule has 0 aliphatic carbocycles. The van der Waals surface area contributed by atoms with E-state index in [4.69, 9.17) is 13.9 Å². The number of nitrogens with one attached hydrogen (secondary N) is 1. The molecule has 8 heteroatoms. The van der Waals surface area contributed by atoms with Gasteiger partial charge in [0.2, 0.25) is 0 Å². The Bertz CT molecular complexity index is 1230. The van der Waals surface area contributed by atoms with Crippen molar-refractivity contribution in [3.05, 3.63) is 76.7 Å². The van der Waals surface area contributed by atoms with Gasteiger partial charge in [0.15, 0.2) is 27.1 Å². The average Bonchev–Trinajstić information content (AvgIpc) is 3.22. The van der Waals surface area contributed by atoms with Crippen LogP contribution < -0.4 is 14.8 Å². The van der Waals surface area contributed by atoms with Crippen LogP contribution >= 0.6 is 0 Å². The van der Waals surface area contributed by atoms with Gasteiger partial charge in [-0.05, 0) is 73.9 Å². The van der Waals surface area contributed by atoms with Crippen LogP contribution in [0.15, 0.2) is 57.8 Å². The molecule has 0 saturated carbocycles. The summed E-state index contributed by atoms with van der Waals surface area (Å²) in [7, 11) is -0.501. The first kappa shape index (κ1) is 23.4. The third kappa shape index (κ3) is 5.13. The van der Waals surface area contributed by atoms with Crippen molar-refractivity contribution in [2.75, 3.05) is 14.2 Å². The molecule has 0 aliphatic rings. The minimum atomic E-state index is -3.60. The van der Waals surface area contributed by atoms with Gasteiger partial charge >= 0.3 is 0 Å². The maximum atomic E-state index is 12.7. The zero-order valence-electron chi connectivity index (χ0n) is 18.8. The number of methoxy groups -OCH3 is 2. The van der Waals surface area contributed by atoms with Crippen molar-refractivity contribution in [2.24, 2.45) is 0 Å². The summed E-state index contributed by atoms with van der Waals surface area (Å²) in [5, 5.41) is 2.84. The molecule has 0 saturated heterocycles. The van der Waals surface area contributed by atoms with E-state index in [-0.39, 0.29) is 28.2 Å². The van der Waals surface area contributed by atoms with Crippen molar-refractivity contribution in [1.29, 1.82) is 0 Å². The fourth-order valence-corrected chi connectivity index (χ4v) is 4.56. The molecule has 0 radical (unpaired) electrons. The largest absolute Gasteiger partial charge is 0.493 e. The molecule has 3 rings (SSSR count). The van der Waals surface area contributed by atoms with E-state index >= 15 is 0 Å². The molecule has 1 atom stereocenters. The summed E-state index contributed by atoms with van der Waals surface area (Å²) in [4.78, 5) is 12.9. The number of amides is 1. The lowest BCUT2D eigenvalue weighted by atomic mass is 10.1. The maximum Gasteiger partial charge on any atom is 0.287 e. The summed E-state index contributed by atoms with van der Waals surface area (Å²) in [5.41, 5.74) is 2.74. The minimum Gasteiger partial charge on any atom is -0.493 e. The van der Waals surface area contributed by atoms with Crippen molar-refractivity contribution in [2.45, 2.75) is 37.5 Å². The summed E-state index contributed by atoms with van der Waals surface area (Å²) < 4.78 is 41.5. The molecule has 0 aliphatic heterocycles. The van der Waals surface area contributed by atoms with Gasteiger partial charge in [-0.15, -0.1) is 0 Å². The lowest BCUT2D eigenvalue weighted by molar-refractivity contribution is 0.0910. The highest BCUT2D eigenvalue weighted by Gasteiger charge is 2.21. The Balaban J connectivity index is 1.71. The molecule has 2 aromatic carbocycles. The number of carbonyl (C=O) groups is 1. The molecule has 1 N–H and O–H groups in total. The van der Waals surface area contributed by atoms with Crippen molar-refractivity contribution in [1.82, 2.24) is 5.32 Å². The van der Waals surface area contributed by atoms with Crippen LogP contribution in [0.5, 0.6) is 11.5 Å². The van der Waals surface area contributed by atoms with E-state index in [0.717, 1.165) is 16.7 Å². The van der Waals surface area contributed by atoms with Crippen molar-refractivity contribution in [3.8, 4) is 11.5 Å². The molecule has 1 heterocycles. The standard InChI is InChI=1S/C24H27NO6S/c1-15-6-9-20(12-16(15)2)32(27,28)14-19-8-11-22(31-19)24(26)25-17(3)18-7-10-21(29-4)23(13-18)30-5/h6-13,17H,14H2,1-5H3,(H,25,26). The molecule has 170 valence electrons. The zero-order valence-corrected chi connectivity index (χ0v) is 19.6. The maximum absolute atomic E-state index is 12.7. The highest BCUT2D eigenvalue weighted by molar-refractivity contribution is 7.90. The highest BCUT2D eigenvalue weighted by atomic mass is 32.2. The molecule has 3 aromatic rings. The van der Waals surface area contributed by atoms with Crippen molar-refractivity contribution < 1.29 is 27.1 Å². The molecule has 32 heavy (non-hydrogen) atoms. The highest BCUT2D eigenvalue weighted by Crippen LogP contribution is 2.30. The van der Waals surface area contributed by atoms with Crippen molar-refractivity contribution in [3.63, 3.8) is 0 Å². The Labute approximate surface area is 188 Å². The van der Waals surface area contributed by atoms with Gasteiger partial charge < -0.3 is 19.2 Å². The van der Waals surface area contributed by atoms with E-state index in [1.165, 1.54) is 12.1 Å². The van der Waals surface area contributed by atoms with Crippen LogP contribution in [0.1, 0.15) is 46.0 Å². The van der Waals surface area contributed by atoms with Crippen molar-refractivity contribution >= 4 is 15.7 Å². The van der Waals surface area contributed by atoms with Crippen LogP contribution in [0.2, 0.25) is 0 Å². The number of hydrogen-bond donors (Lipinski definition) is 1. The van der Waals surface area contributed by atoms with Crippen LogP contribution in [0.4, 0.5) is 0 Å². The third-order valence-electron chi connectivity index (χ3n) is 5.31. The SMILES string of the molecule is COc1ccc(C(C)NC(=O)c2ccc(CS(=O)(=O)c3ccc(C)c(C)c3)o2)cc1OC. The summed E-state index contributed by atoms with van der Waals surface area (Å²) in [6.07, 6.45) is 0. The third-order valence-corrected chi connectivity index (χ3v) is 6.95. The molecule has 1 aromatic heterocycles. The normalized spacial score (nSPS) is 12.3. The zero-order chi connectivity index (χ0) is 23.5. The van der Waals surface area contributed by atoms with E-state index in [1.807, 2.05) is 26.8 Å². The van der Waals surface area contributed by atoms with Crippen LogP contribution in [-0.4, -0.2) is 28.5 Å².